The number of aromatic nitrogens is 2. The number of benzene rings is 4. The number of nitrogens with zero attached hydrogens (tertiary/aromatic N) is 2. The normalized spacial score (nSPS) is 11.4. The van der Waals surface area contributed by atoms with Crippen molar-refractivity contribution in [2.45, 2.75) is 13.0 Å². The van der Waals surface area contributed by atoms with Gasteiger partial charge in [0.2, 0.25) is 0 Å². The number of para-hydroxylation sites is 2. The first kappa shape index (κ1) is 20.8. The van der Waals surface area contributed by atoms with Gasteiger partial charge in [-0.1, -0.05) is 66.7 Å². The molecule has 5 aromatic rings. The van der Waals surface area contributed by atoms with Crippen LogP contribution in [0.25, 0.3) is 34.0 Å². The molecule has 4 heteroatoms. The maximum Gasteiger partial charge on any atom is 0.133 e. The molecule has 0 aliphatic carbocycles. The van der Waals surface area contributed by atoms with Crippen LogP contribution in [0.4, 0.5) is 0 Å². The van der Waals surface area contributed by atoms with Crippen LogP contribution in [0.1, 0.15) is 17.8 Å². The van der Waals surface area contributed by atoms with Gasteiger partial charge < -0.3 is 14.0 Å². The van der Waals surface area contributed by atoms with Gasteiger partial charge in [-0.15, -0.1) is 0 Å². The predicted molar refractivity (Wildman–Crippen MR) is 136 cm³/mol. The first-order valence-electron chi connectivity index (χ1n) is 11.2. The smallest absolute Gasteiger partial charge is 0.133 e. The minimum atomic E-state index is 0.641. The number of imidazole rings is 1. The SMILES string of the molecule is COc1ccc(/C=C/c2nc3ccccc3n2CCCOc2cccc3ccccc23)cc1. The van der Waals surface area contributed by atoms with E-state index in [2.05, 4.69) is 59.2 Å². The van der Waals surface area contributed by atoms with Crippen LogP contribution in [-0.4, -0.2) is 23.3 Å². The van der Waals surface area contributed by atoms with Gasteiger partial charge in [-0.3, -0.25) is 0 Å². The Morgan fingerprint density at radius 1 is 0.818 bits per heavy atom. The Balaban J connectivity index is 1.32. The molecule has 0 radical (unpaired) electrons. The molecule has 4 nitrogen and oxygen atoms in total. The summed E-state index contributed by atoms with van der Waals surface area (Å²) < 4.78 is 13.7. The molecular formula is C29H26N2O2. The molecule has 0 unspecified atom stereocenters. The van der Waals surface area contributed by atoms with Crippen LogP contribution in [0.2, 0.25) is 0 Å². The highest BCUT2D eigenvalue weighted by Gasteiger charge is 2.08. The second kappa shape index (κ2) is 9.61. The number of hydrogen-bond acceptors (Lipinski definition) is 3. The summed E-state index contributed by atoms with van der Waals surface area (Å²) in [6.45, 7) is 1.47. The molecule has 1 heterocycles. The van der Waals surface area contributed by atoms with Gasteiger partial charge in [0, 0.05) is 11.9 Å². The molecule has 0 N–H and O–H groups in total. The Kier molecular flexibility index (Phi) is 6.07. The highest BCUT2D eigenvalue weighted by Crippen LogP contribution is 2.25. The molecule has 0 saturated carbocycles. The number of rotatable bonds is 8. The van der Waals surface area contributed by atoms with Gasteiger partial charge >= 0.3 is 0 Å². The van der Waals surface area contributed by atoms with Crippen LogP contribution in [-0.2, 0) is 6.54 Å². The van der Waals surface area contributed by atoms with Gasteiger partial charge in [0.1, 0.15) is 17.3 Å². The summed E-state index contributed by atoms with van der Waals surface area (Å²) >= 11 is 0. The first-order valence-corrected chi connectivity index (χ1v) is 11.2. The Hall–Kier alpha value is -4.05. The number of methoxy groups -OCH3 is 1. The molecule has 0 aliphatic rings. The molecule has 0 saturated heterocycles. The molecule has 0 amide bonds. The summed E-state index contributed by atoms with van der Waals surface area (Å²) in [5.41, 5.74) is 3.24. The predicted octanol–water partition coefficient (Wildman–Crippen LogP) is 6.84. The highest BCUT2D eigenvalue weighted by molar-refractivity contribution is 5.88. The van der Waals surface area contributed by atoms with E-state index in [1.165, 1.54) is 5.39 Å². The third-order valence-corrected chi connectivity index (χ3v) is 5.76. The maximum atomic E-state index is 6.16. The summed E-state index contributed by atoms with van der Waals surface area (Å²) in [5, 5.41) is 2.35. The first-order chi connectivity index (χ1) is 16.3. The molecule has 33 heavy (non-hydrogen) atoms. The van der Waals surface area contributed by atoms with E-state index in [-0.39, 0.29) is 0 Å². The van der Waals surface area contributed by atoms with Crippen LogP contribution < -0.4 is 9.47 Å². The zero-order valence-electron chi connectivity index (χ0n) is 18.6. The summed E-state index contributed by atoms with van der Waals surface area (Å²) in [5.74, 6) is 2.73. The second-order valence-electron chi connectivity index (χ2n) is 7.90. The van der Waals surface area contributed by atoms with Gasteiger partial charge in [-0.2, -0.15) is 0 Å². The Bertz CT molecular complexity index is 1400. The zero-order valence-corrected chi connectivity index (χ0v) is 18.6. The van der Waals surface area contributed by atoms with E-state index in [4.69, 9.17) is 14.5 Å². The number of aryl methyl sites for hydroxylation is 1. The van der Waals surface area contributed by atoms with Crippen molar-refractivity contribution in [1.82, 2.24) is 9.55 Å². The van der Waals surface area contributed by atoms with Crippen LogP contribution in [0.3, 0.4) is 0 Å². The van der Waals surface area contributed by atoms with E-state index in [1.54, 1.807) is 7.11 Å². The number of ether oxygens (including phenoxy) is 2. The van der Waals surface area contributed by atoms with Crippen LogP contribution in [0.5, 0.6) is 11.5 Å². The maximum absolute atomic E-state index is 6.16. The molecule has 4 aromatic carbocycles. The zero-order chi connectivity index (χ0) is 22.5. The minimum Gasteiger partial charge on any atom is -0.497 e. The van der Waals surface area contributed by atoms with Crippen molar-refractivity contribution in [3.8, 4) is 11.5 Å². The molecule has 0 fully saturated rings. The Morgan fingerprint density at radius 2 is 1.61 bits per heavy atom. The Labute approximate surface area is 193 Å². The summed E-state index contributed by atoms with van der Waals surface area (Å²) in [7, 11) is 1.68. The van der Waals surface area contributed by atoms with Gasteiger partial charge in [0.05, 0.1) is 24.8 Å². The fraction of sp³-hybridized carbons (Fsp3) is 0.138. The van der Waals surface area contributed by atoms with E-state index in [1.807, 2.05) is 48.5 Å². The van der Waals surface area contributed by atoms with E-state index in [0.717, 1.165) is 52.3 Å². The largest absolute Gasteiger partial charge is 0.497 e. The van der Waals surface area contributed by atoms with Crippen molar-refractivity contribution in [3.05, 3.63) is 102 Å². The van der Waals surface area contributed by atoms with Crippen molar-refractivity contribution < 1.29 is 9.47 Å². The average molecular weight is 435 g/mol. The van der Waals surface area contributed by atoms with Crippen molar-refractivity contribution in [2.24, 2.45) is 0 Å². The second-order valence-corrected chi connectivity index (χ2v) is 7.90. The fourth-order valence-corrected chi connectivity index (χ4v) is 4.07. The van der Waals surface area contributed by atoms with Gasteiger partial charge in [0.15, 0.2) is 0 Å². The van der Waals surface area contributed by atoms with Crippen LogP contribution in [0, 0.1) is 0 Å². The fourth-order valence-electron chi connectivity index (χ4n) is 4.07. The van der Waals surface area contributed by atoms with Crippen LogP contribution in [0.15, 0.2) is 91.0 Å². The molecule has 0 atom stereocenters. The third-order valence-electron chi connectivity index (χ3n) is 5.76. The van der Waals surface area contributed by atoms with Gasteiger partial charge in [0.25, 0.3) is 0 Å². The third kappa shape index (κ3) is 4.60. The minimum absolute atomic E-state index is 0.641. The molecular weight excluding hydrogens is 408 g/mol. The standard InChI is InChI=1S/C29H26N2O2/c1-32-24-17-14-22(15-18-24)16-19-29-30-26-11-4-5-12-27(26)31(29)20-7-21-33-28-13-6-9-23-8-2-3-10-25(23)28/h2-6,8-19H,7,20-21H2,1H3/b19-16+. The lowest BCUT2D eigenvalue weighted by Gasteiger charge is -2.11. The lowest BCUT2D eigenvalue weighted by molar-refractivity contribution is 0.306. The average Bonchev–Trinajstić information content (AvgIpc) is 3.23. The lowest BCUT2D eigenvalue weighted by atomic mass is 10.1. The Morgan fingerprint density at radius 3 is 2.48 bits per heavy atom. The number of fused-ring (bicyclic) bond motifs is 2. The van der Waals surface area contributed by atoms with Crippen LogP contribution >= 0.6 is 0 Å². The quantitative estimate of drug-likeness (QED) is 0.251. The molecule has 0 bridgehead atoms. The molecule has 5 rings (SSSR count). The van der Waals surface area contributed by atoms with E-state index < -0.39 is 0 Å². The molecule has 0 spiro atoms. The number of hydrogen-bond donors (Lipinski definition) is 0. The topological polar surface area (TPSA) is 36.3 Å². The van der Waals surface area contributed by atoms with E-state index in [0.29, 0.717) is 6.61 Å². The van der Waals surface area contributed by atoms with Gasteiger partial charge in [-0.25, -0.2) is 4.98 Å². The van der Waals surface area contributed by atoms with Crippen molar-refractivity contribution >= 4 is 34.0 Å². The van der Waals surface area contributed by atoms with Crippen molar-refractivity contribution in [1.29, 1.82) is 0 Å². The van der Waals surface area contributed by atoms with Crippen molar-refractivity contribution in [3.63, 3.8) is 0 Å². The van der Waals surface area contributed by atoms with Gasteiger partial charge in [-0.05, 0) is 53.8 Å². The molecule has 164 valence electrons. The summed E-state index contributed by atoms with van der Waals surface area (Å²) in [6, 6.07) is 30.8. The monoisotopic (exact) mass is 434 g/mol. The van der Waals surface area contributed by atoms with E-state index >= 15 is 0 Å². The van der Waals surface area contributed by atoms with Crippen molar-refractivity contribution in [2.75, 3.05) is 13.7 Å². The lowest BCUT2D eigenvalue weighted by Crippen LogP contribution is -2.06. The molecule has 0 aliphatic heterocycles. The van der Waals surface area contributed by atoms with E-state index in [9.17, 15) is 0 Å². The molecule has 1 aromatic heterocycles. The summed E-state index contributed by atoms with van der Waals surface area (Å²) in [6.07, 6.45) is 5.05. The highest BCUT2D eigenvalue weighted by atomic mass is 16.5. The summed E-state index contributed by atoms with van der Waals surface area (Å²) in [4.78, 5) is 4.85.